The van der Waals surface area contributed by atoms with Gasteiger partial charge in [-0.15, -0.1) is 0 Å². The van der Waals surface area contributed by atoms with Gasteiger partial charge in [0, 0.05) is 12.3 Å². The van der Waals surface area contributed by atoms with Gasteiger partial charge in [0.1, 0.15) is 11.4 Å². The predicted molar refractivity (Wildman–Crippen MR) is 75.0 cm³/mol. The molecule has 1 rings (SSSR count). The van der Waals surface area contributed by atoms with Gasteiger partial charge in [0.2, 0.25) is 0 Å². The lowest BCUT2D eigenvalue weighted by Gasteiger charge is -2.25. The number of ether oxygens (including phenoxy) is 1. The van der Waals surface area contributed by atoms with Crippen LogP contribution in [0.2, 0.25) is 0 Å². The van der Waals surface area contributed by atoms with Gasteiger partial charge in [-0.2, -0.15) is 0 Å². The minimum absolute atomic E-state index is 0.0284. The number of carbonyl (C=O) groups is 2. The molecule has 0 atom stereocenters. The fourth-order valence-electron chi connectivity index (χ4n) is 1.65. The lowest BCUT2D eigenvalue weighted by atomic mass is 9.96. The Morgan fingerprint density at radius 2 is 1.74 bits per heavy atom. The maximum atomic E-state index is 11.9. The molecule has 0 unspecified atom stereocenters. The summed E-state index contributed by atoms with van der Waals surface area (Å²) in [6.45, 7) is 7.43. The van der Waals surface area contributed by atoms with E-state index in [1.54, 1.807) is 24.3 Å². The van der Waals surface area contributed by atoms with E-state index in [-0.39, 0.29) is 17.7 Å². The molecule has 0 fully saturated rings. The molecule has 0 radical (unpaired) electrons. The monoisotopic (exact) mass is 262 g/mol. The van der Waals surface area contributed by atoms with Gasteiger partial charge in [-0.1, -0.05) is 32.0 Å². The van der Waals surface area contributed by atoms with Crippen LogP contribution in [-0.4, -0.2) is 17.4 Å². The number of esters is 1. The molecule has 0 aliphatic carbocycles. The number of benzene rings is 1. The van der Waals surface area contributed by atoms with Gasteiger partial charge in [-0.05, 0) is 32.4 Å². The number of hydrogen-bond donors (Lipinski definition) is 0. The fourth-order valence-corrected chi connectivity index (χ4v) is 1.65. The van der Waals surface area contributed by atoms with E-state index in [4.69, 9.17) is 4.74 Å². The van der Waals surface area contributed by atoms with Crippen LogP contribution in [0.4, 0.5) is 0 Å². The van der Waals surface area contributed by atoms with Crippen LogP contribution in [0.1, 0.15) is 50.9 Å². The summed E-state index contributed by atoms with van der Waals surface area (Å²) in [5.41, 5.74) is -0.0944. The van der Waals surface area contributed by atoms with Crippen LogP contribution in [0, 0.1) is 5.92 Å². The van der Waals surface area contributed by atoms with E-state index >= 15 is 0 Å². The first-order chi connectivity index (χ1) is 8.82. The molecule has 0 spiro atoms. The van der Waals surface area contributed by atoms with Crippen molar-refractivity contribution >= 4 is 11.8 Å². The number of ketones is 1. The van der Waals surface area contributed by atoms with E-state index in [2.05, 4.69) is 0 Å². The molecule has 0 aliphatic rings. The highest BCUT2D eigenvalue weighted by Gasteiger charge is 2.25. The lowest BCUT2D eigenvalue weighted by Crippen LogP contribution is -2.29. The average molecular weight is 262 g/mol. The standard InChI is InChI=1S/C16H22O3/c1-12(2)14(17)10-11-16(3,4)19-15(18)13-8-6-5-7-9-13/h5-9,12H,10-11H2,1-4H3. The average Bonchev–Trinajstić information content (AvgIpc) is 2.36. The quantitative estimate of drug-likeness (QED) is 0.735. The van der Waals surface area contributed by atoms with Crippen molar-refractivity contribution in [2.24, 2.45) is 5.92 Å². The van der Waals surface area contributed by atoms with Crippen molar-refractivity contribution in [1.29, 1.82) is 0 Å². The Balaban J connectivity index is 2.55. The molecule has 3 heteroatoms. The third kappa shape index (κ3) is 5.25. The van der Waals surface area contributed by atoms with E-state index in [1.165, 1.54) is 0 Å². The van der Waals surface area contributed by atoms with Crippen molar-refractivity contribution in [3.05, 3.63) is 35.9 Å². The Hall–Kier alpha value is -1.64. The second-order valence-electron chi connectivity index (χ2n) is 5.64. The largest absolute Gasteiger partial charge is 0.456 e. The molecule has 1 aromatic rings. The first kappa shape index (κ1) is 15.4. The maximum absolute atomic E-state index is 11.9. The van der Waals surface area contributed by atoms with Crippen molar-refractivity contribution in [1.82, 2.24) is 0 Å². The fraction of sp³-hybridized carbons (Fsp3) is 0.500. The van der Waals surface area contributed by atoms with Crippen LogP contribution in [0.3, 0.4) is 0 Å². The topological polar surface area (TPSA) is 43.4 Å². The summed E-state index contributed by atoms with van der Waals surface area (Å²) < 4.78 is 5.46. The van der Waals surface area contributed by atoms with E-state index in [0.717, 1.165) is 0 Å². The zero-order valence-corrected chi connectivity index (χ0v) is 12.1. The van der Waals surface area contributed by atoms with Crippen LogP contribution in [0.25, 0.3) is 0 Å². The highest BCUT2D eigenvalue weighted by atomic mass is 16.6. The summed E-state index contributed by atoms with van der Waals surface area (Å²) in [4.78, 5) is 23.5. The minimum Gasteiger partial charge on any atom is -0.456 e. The van der Waals surface area contributed by atoms with Gasteiger partial charge in [0.25, 0.3) is 0 Å². The van der Waals surface area contributed by atoms with Crippen LogP contribution in [0.15, 0.2) is 30.3 Å². The smallest absolute Gasteiger partial charge is 0.338 e. The number of rotatable bonds is 6. The summed E-state index contributed by atoms with van der Waals surface area (Å²) in [6.07, 6.45) is 0.981. The molecular formula is C16H22O3. The van der Waals surface area contributed by atoms with Gasteiger partial charge >= 0.3 is 5.97 Å². The second-order valence-corrected chi connectivity index (χ2v) is 5.64. The number of hydrogen-bond acceptors (Lipinski definition) is 3. The van der Waals surface area contributed by atoms with Crippen molar-refractivity contribution in [3.63, 3.8) is 0 Å². The minimum atomic E-state index is -0.628. The van der Waals surface area contributed by atoms with Gasteiger partial charge < -0.3 is 4.74 Å². The molecule has 0 aromatic heterocycles. The zero-order valence-electron chi connectivity index (χ0n) is 12.1. The van der Waals surface area contributed by atoms with Crippen LogP contribution < -0.4 is 0 Å². The van der Waals surface area contributed by atoms with E-state index in [1.807, 2.05) is 33.8 Å². The zero-order chi connectivity index (χ0) is 14.5. The van der Waals surface area contributed by atoms with Crippen molar-refractivity contribution < 1.29 is 14.3 Å². The molecule has 104 valence electrons. The summed E-state index contributed by atoms with van der Waals surface area (Å²) >= 11 is 0. The van der Waals surface area contributed by atoms with E-state index in [0.29, 0.717) is 18.4 Å². The Labute approximate surface area is 115 Å². The van der Waals surface area contributed by atoms with Crippen molar-refractivity contribution in [2.45, 2.75) is 46.1 Å². The molecule has 3 nitrogen and oxygen atoms in total. The van der Waals surface area contributed by atoms with Crippen LogP contribution >= 0.6 is 0 Å². The highest BCUT2D eigenvalue weighted by Crippen LogP contribution is 2.20. The third-order valence-electron chi connectivity index (χ3n) is 3.00. The van der Waals surface area contributed by atoms with Crippen LogP contribution in [0.5, 0.6) is 0 Å². The maximum Gasteiger partial charge on any atom is 0.338 e. The third-order valence-corrected chi connectivity index (χ3v) is 3.00. The summed E-state index contributed by atoms with van der Waals surface area (Å²) in [7, 11) is 0. The second kappa shape index (κ2) is 6.50. The van der Waals surface area contributed by atoms with E-state index < -0.39 is 5.60 Å². The first-order valence-electron chi connectivity index (χ1n) is 6.63. The van der Waals surface area contributed by atoms with Gasteiger partial charge in [-0.25, -0.2) is 4.79 Å². The van der Waals surface area contributed by atoms with Crippen molar-refractivity contribution in [3.8, 4) is 0 Å². The molecule has 0 aliphatic heterocycles. The Morgan fingerprint density at radius 1 is 1.16 bits per heavy atom. The Bertz CT molecular complexity index is 433. The molecule has 0 amide bonds. The Morgan fingerprint density at radius 3 is 2.26 bits per heavy atom. The number of carbonyl (C=O) groups excluding carboxylic acids is 2. The first-order valence-corrected chi connectivity index (χ1v) is 6.63. The molecule has 19 heavy (non-hydrogen) atoms. The van der Waals surface area contributed by atoms with Gasteiger partial charge in [0.05, 0.1) is 5.56 Å². The predicted octanol–water partition coefficient (Wildman–Crippen LogP) is 3.63. The lowest BCUT2D eigenvalue weighted by molar-refractivity contribution is -0.123. The molecular weight excluding hydrogens is 240 g/mol. The van der Waals surface area contributed by atoms with Gasteiger partial charge in [0.15, 0.2) is 0 Å². The summed E-state index contributed by atoms with van der Waals surface area (Å²) in [5, 5.41) is 0. The number of Topliss-reactive ketones (excluding diaryl/α,β-unsaturated/α-hetero) is 1. The van der Waals surface area contributed by atoms with Crippen LogP contribution in [-0.2, 0) is 9.53 Å². The van der Waals surface area contributed by atoms with E-state index in [9.17, 15) is 9.59 Å². The van der Waals surface area contributed by atoms with Gasteiger partial charge in [-0.3, -0.25) is 4.79 Å². The molecule has 0 saturated carbocycles. The molecule has 1 aromatic carbocycles. The molecule has 0 heterocycles. The normalized spacial score (nSPS) is 11.4. The highest BCUT2D eigenvalue weighted by molar-refractivity contribution is 5.89. The molecule has 0 bridgehead atoms. The SMILES string of the molecule is CC(C)C(=O)CCC(C)(C)OC(=O)c1ccccc1. The summed E-state index contributed by atoms with van der Waals surface area (Å²) in [6, 6.07) is 8.89. The molecule has 0 saturated heterocycles. The van der Waals surface area contributed by atoms with Crippen molar-refractivity contribution in [2.75, 3.05) is 0 Å². The molecule has 0 N–H and O–H groups in total. The summed E-state index contributed by atoms with van der Waals surface area (Å²) in [5.74, 6) is -0.118. The Kier molecular flexibility index (Phi) is 5.28.